The smallest absolute Gasteiger partial charge is 0.0305 e. The van der Waals surface area contributed by atoms with Crippen LogP contribution < -0.4 is 0 Å². The van der Waals surface area contributed by atoms with Gasteiger partial charge in [0.25, 0.3) is 0 Å². The molecular weight excluding hydrogens is 206 g/mol. The van der Waals surface area contributed by atoms with Crippen molar-refractivity contribution in [1.82, 2.24) is 4.98 Å². The second-order valence-corrected chi connectivity index (χ2v) is 5.29. The summed E-state index contributed by atoms with van der Waals surface area (Å²) >= 11 is 0. The maximum absolute atomic E-state index is 4.46. The van der Waals surface area contributed by atoms with Crippen LogP contribution in [-0.2, 0) is 5.41 Å². The van der Waals surface area contributed by atoms with Crippen molar-refractivity contribution >= 4 is 0 Å². The fourth-order valence-electron chi connectivity index (χ4n) is 2.43. The Morgan fingerprint density at radius 1 is 1.06 bits per heavy atom. The summed E-state index contributed by atoms with van der Waals surface area (Å²) in [6, 6.07) is 2.39. The van der Waals surface area contributed by atoms with E-state index < -0.39 is 0 Å². The molecule has 96 valence electrons. The summed E-state index contributed by atoms with van der Waals surface area (Å²) in [4.78, 5) is 4.46. The van der Waals surface area contributed by atoms with Gasteiger partial charge in [-0.05, 0) is 48.1 Å². The summed E-state index contributed by atoms with van der Waals surface area (Å²) in [5.41, 5.74) is 3.11. The molecule has 1 aromatic heterocycles. The summed E-state index contributed by atoms with van der Waals surface area (Å²) in [5, 5.41) is 0. The topological polar surface area (TPSA) is 12.9 Å². The van der Waals surface area contributed by atoms with E-state index in [0.717, 1.165) is 0 Å². The van der Waals surface area contributed by atoms with Crippen LogP contribution in [0, 0.1) is 0 Å². The maximum Gasteiger partial charge on any atom is 0.0305 e. The molecule has 0 unspecified atom stereocenters. The SMILES string of the molecule is CCC(CC)c1cncc(C(C)(CC)CC)c1. The quantitative estimate of drug-likeness (QED) is 0.669. The first kappa shape index (κ1) is 14.2. The molecule has 1 aromatic rings. The van der Waals surface area contributed by atoms with Crippen LogP contribution in [0.2, 0.25) is 0 Å². The third-order valence-electron chi connectivity index (χ3n) is 4.47. The lowest BCUT2D eigenvalue weighted by Gasteiger charge is -2.28. The Labute approximate surface area is 107 Å². The molecule has 0 aromatic carbocycles. The monoisotopic (exact) mass is 233 g/mol. The molecule has 0 aliphatic rings. The van der Waals surface area contributed by atoms with E-state index in [2.05, 4.69) is 51.9 Å². The Kier molecular flexibility index (Phi) is 5.17. The average Bonchev–Trinajstić information content (AvgIpc) is 2.39. The van der Waals surface area contributed by atoms with Crippen molar-refractivity contribution in [2.45, 2.75) is 71.6 Å². The third-order valence-corrected chi connectivity index (χ3v) is 4.47. The van der Waals surface area contributed by atoms with Crippen molar-refractivity contribution in [3.8, 4) is 0 Å². The molecule has 1 nitrogen and oxygen atoms in total. The summed E-state index contributed by atoms with van der Waals surface area (Å²) in [5.74, 6) is 0.667. The molecule has 1 heteroatoms. The second kappa shape index (κ2) is 6.18. The first-order valence-electron chi connectivity index (χ1n) is 7.06. The molecule has 0 bridgehead atoms. The number of hydrogen-bond donors (Lipinski definition) is 0. The largest absolute Gasteiger partial charge is 0.264 e. The second-order valence-electron chi connectivity index (χ2n) is 5.29. The number of rotatable bonds is 6. The highest BCUT2D eigenvalue weighted by molar-refractivity contribution is 5.27. The van der Waals surface area contributed by atoms with Crippen molar-refractivity contribution in [1.29, 1.82) is 0 Å². The van der Waals surface area contributed by atoms with Gasteiger partial charge in [0, 0.05) is 12.4 Å². The van der Waals surface area contributed by atoms with Crippen LogP contribution in [0.3, 0.4) is 0 Å². The Morgan fingerprint density at radius 2 is 1.65 bits per heavy atom. The molecule has 0 radical (unpaired) electrons. The van der Waals surface area contributed by atoms with E-state index in [1.807, 2.05) is 6.20 Å². The fourth-order valence-corrected chi connectivity index (χ4v) is 2.43. The van der Waals surface area contributed by atoms with Gasteiger partial charge < -0.3 is 0 Å². The molecule has 0 N–H and O–H groups in total. The van der Waals surface area contributed by atoms with Gasteiger partial charge in [-0.2, -0.15) is 0 Å². The minimum absolute atomic E-state index is 0.287. The number of aromatic nitrogens is 1. The first-order chi connectivity index (χ1) is 8.11. The molecule has 0 atom stereocenters. The first-order valence-corrected chi connectivity index (χ1v) is 7.06. The van der Waals surface area contributed by atoms with Crippen LogP contribution >= 0.6 is 0 Å². The zero-order chi connectivity index (χ0) is 12.9. The lowest BCUT2D eigenvalue weighted by molar-refractivity contribution is 0.436. The highest BCUT2D eigenvalue weighted by Gasteiger charge is 2.23. The molecule has 1 heterocycles. The summed E-state index contributed by atoms with van der Waals surface area (Å²) < 4.78 is 0. The number of hydrogen-bond acceptors (Lipinski definition) is 1. The Morgan fingerprint density at radius 3 is 2.12 bits per heavy atom. The standard InChI is InChI=1S/C16H27N/c1-6-13(7-2)14-10-15(12-17-11-14)16(5,8-3)9-4/h10-13H,6-9H2,1-5H3. The van der Waals surface area contributed by atoms with Gasteiger partial charge in [0.15, 0.2) is 0 Å². The van der Waals surface area contributed by atoms with Crippen molar-refractivity contribution in [2.24, 2.45) is 0 Å². The van der Waals surface area contributed by atoms with Gasteiger partial charge in [-0.3, -0.25) is 4.98 Å². The van der Waals surface area contributed by atoms with Crippen LogP contribution in [0.1, 0.15) is 77.3 Å². The van der Waals surface area contributed by atoms with Gasteiger partial charge in [0.2, 0.25) is 0 Å². The summed E-state index contributed by atoms with van der Waals surface area (Å²) in [6.45, 7) is 11.4. The van der Waals surface area contributed by atoms with Crippen LogP contribution in [0.4, 0.5) is 0 Å². The van der Waals surface area contributed by atoms with E-state index in [1.54, 1.807) is 0 Å². The third kappa shape index (κ3) is 3.08. The minimum Gasteiger partial charge on any atom is -0.264 e. The average molecular weight is 233 g/mol. The summed E-state index contributed by atoms with van der Waals surface area (Å²) in [7, 11) is 0. The Balaban J connectivity index is 3.08. The Hall–Kier alpha value is -0.850. The molecular formula is C16H27N. The van der Waals surface area contributed by atoms with Gasteiger partial charge in [-0.25, -0.2) is 0 Å². The normalized spacial score (nSPS) is 12.1. The molecule has 0 amide bonds. The van der Waals surface area contributed by atoms with E-state index >= 15 is 0 Å². The predicted molar refractivity (Wildman–Crippen MR) is 75.5 cm³/mol. The van der Waals surface area contributed by atoms with Gasteiger partial charge >= 0.3 is 0 Å². The van der Waals surface area contributed by atoms with Gasteiger partial charge in [-0.1, -0.05) is 40.7 Å². The molecule has 0 aliphatic heterocycles. The number of nitrogens with zero attached hydrogens (tertiary/aromatic N) is 1. The van der Waals surface area contributed by atoms with Crippen LogP contribution in [0.5, 0.6) is 0 Å². The number of pyridine rings is 1. The molecule has 0 aliphatic carbocycles. The highest BCUT2D eigenvalue weighted by atomic mass is 14.6. The van der Waals surface area contributed by atoms with Gasteiger partial charge in [0.1, 0.15) is 0 Å². The molecule has 1 rings (SSSR count). The molecule has 0 saturated heterocycles. The van der Waals surface area contributed by atoms with Crippen molar-refractivity contribution in [3.63, 3.8) is 0 Å². The van der Waals surface area contributed by atoms with E-state index in [9.17, 15) is 0 Å². The molecule has 0 saturated carbocycles. The molecule has 0 spiro atoms. The zero-order valence-electron chi connectivity index (χ0n) is 12.1. The molecule has 0 fully saturated rings. The molecule has 17 heavy (non-hydrogen) atoms. The van der Waals surface area contributed by atoms with Crippen molar-refractivity contribution < 1.29 is 0 Å². The van der Waals surface area contributed by atoms with E-state index in [4.69, 9.17) is 0 Å². The van der Waals surface area contributed by atoms with Gasteiger partial charge in [-0.15, -0.1) is 0 Å². The van der Waals surface area contributed by atoms with Crippen LogP contribution in [0.25, 0.3) is 0 Å². The van der Waals surface area contributed by atoms with E-state index in [0.29, 0.717) is 5.92 Å². The predicted octanol–water partition coefficient (Wildman–Crippen LogP) is 5.06. The van der Waals surface area contributed by atoms with Gasteiger partial charge in [0.05, 0.1) is 0 Å². The summed E-state index contributed by atoms with van der Waals surface area (Å²) in [6.07, 6.45) is 8.87. The Bertz CT molecular complexity index is 335. The van der Waals surface area contributed by atoms with Crippen molar-refractivity contribution in [2.75, 3.05) is 0 Å². The van der Waals surface area contributed by atoms with Crippen molar-refractivity contribution in [3.05, 3.63) is 29.6 Å². The zero-order valence-corrected chi connectivity index (χ0v) is 12.1. The maximum atomic E-state index is 4.46. The van der Waals surface area contributed by atoms with E-state index in [1.165, 1.54) is 36.8 Å². The highest BCUT2D eigenvalue weighted by Crippen LogP contribution is 2.33. The lowest BCUT2D eigenvalue weighted by atomic mass is 9.77. The lowest BCUT2D eigenvalue weighted by Crippen LogP contribution is -2.20. The van der Waals surface area contributed by atoms with Crippen LogP contribution in [0.15, 0.2) is 18.5 Å². The minimum atomic E-state index is 0.287. The fraction of sp³-hybridized carbons (Fsp3) is 0.688. The van der Waals surface area contributed by atoms with E-state index in [-0.39, 0.29) is 5.41 Å². The van der Waals surface area contributed by atoms with Crippen LogP contribution in [-0.4, -0.2) is 4.98 Å².